The number of aliphatic carboxylic acids is 1. The molecule has 1 rings (SSSR count). The lowest BCUT2D eigenvalue weighted by Gasteiger charge is -2.09. The maximum Gasteiger partial charge on any atom is 0.387 e. The molecule has 1 aromatic carbocycles. The van der Waals surface area contributed by atoms with Crippen LogP contribution in [0.1, 0.15) is 5.56 Å². The molecule has 17 heavy (non-hydrogen) atoms. The molecule has 0 fully saturated rings. The number of halogens is 2. The SMILES string of the molecule is COc1cc(C=CC(=O)O)ccc1OC(F)F. The number of hydrogen-bond acceptors (Lipinski definition) is 3. The van der Waals surface area contributed by atoms with Crippen molar-refractivity contribution in [2.45, 2.75) is 6.61 Å². The van der Waals surface area contributed by atoms with Gasteiger partial charge in [0.1, 0.15) is 0 Å². The van der Waals surface area contributed by atoms with Crippen LogP contribution >= 0.6 is 0 Å². The summed E-state index contributed by atoms with van der Waals surface area (Å²) in [5.41, 5.74) is 0.505. The summed E-state index contributed by atoms with van der Waals surface area (Å²) in [6, 6.07) is 4.13. The minimum Gasteiger partial charge on any atom is -0.493 e. The van der Waals surface area contributed by atoms with Crippen LogP contribution in [0.3, 0.4) is 0 Å². The number of alkyl halides is 2. The summed E-state index contributed by atoms with van der Waals surface area (Å²) in [7, 11) is 1.30. The Morgan fingerprint density at radius 2 is 2.12 bits per heavy atom. The average Bonchev–Trinajstić information content (AvgIpc) is 2.26. The van der Waals surface area contributed by atoms with Gasteiger partial charge in [0.25, 0.3) is 0 Å². The topological polar surface area (TPSA) is 55.8 Å². The van der Waals surface area contributed by atoms with Crippen molar-refractivity contribution in [1.29, 1.82) is 0 Å². The van der Waals surface area contributed by atoms with Crippen molar-refractivity contribution in [3.05, 3.63) is 29.8 Å². The van der Waals surface area contributed by atoms with Crippen molar-refractivity contribution in [3.63, 3.8) is 0 Å². The van der Waals surface area contributed by atoms with E-state index < -0.39 is 12.6 Å². The van der Waals surface area contributed by atoms with Gasteiger partial charge in [-0.2, -0.15) is 8.78 Å². The summed E-state index contributed by atoms with van der Waals surface area (Å²) in [6.45, 7) is -2.94. The van der Waals surface area contributed by atoms with Crippen LogP contribution in [0.4, 0.5) is 8.78 Å². The number of benzene rings is 1. The molecule has 0 spiro atoms. The molecule has 0 bridgehead atoms. The number of hydrogen-bond donors (Lipinski definition) is 1. The Labute approximate surface area is 96.1 Å². The van der Waals surface area contributed by atoms with Crippen LogP contribution in [-0.4, -0.2) is 24.8 Å². The first-order chi connectivity index (χ1) is 8.02. The maximum absolute atomic E-state index is 12.0. The first-order valence-electron chi connectivity index (χ1n) is 4.57. The van der Waals surface area contributed by atoms with Crippen LogP contribution in [0.5, 0.6) is 11.5 Å². The molecule has 0 saturated heterocycles. The van der Waals surface area contributed by atoms with Crippen molar-refractivity contribution < 1.29 is 28.2 Å². The second kappa shape index (κ2) is 5.83. The highest BCUT2D eigenvalue weighted by atomic mass is 19.3. The minimum atomic E-state index is -2.94. The lowest BCUT2D eigenvalue weighted by Crippen LogP contribution is -2.03. The van der Waals surface area contributed by atoms with Crippen LogP contribution < -0.4 is 9.47 Å². The van der Waals surface area contributed by atoms with Gasteiger partial charge in [-0.1, -0.05) is 6.07 Å². The largest absolute Gasteiger partial charge is 0.493 e. The third-order valence-electron chi connectivity index (χ3n) is 1.82. The molecule has 0 aromatic heterocycles. The zero-order valence-electron chi connectivity index (χ0n) is 8.89. The highest BCUT2D eigenvalue weighted by Crippen LogP contribution is 2.29. The van der Waals surface area contributed by atoms with Gasteiger partial charge in [0.15, 0.2) is 11.5 Å². The van der Waals surface area contributed by atoms with Crippen molar-refractivity contribution in [3.8, 4) is 11.5 Å². The molecule has 0 radical (unpaired) electrons. The molecule has 0 amide bonds. The van der Waals surface area contributed by atoms with Crippen molar-refractivity contribution in [2.24, 2.45) is 0 Å². The molecule has 0 aliphatic heterocycles. The standard InChI is InChI=1S/C11H10F2O4/c1-16-9-6-7(3-5-10(14)15)2-4-8(9)17-11(12)13/h2-6,11H,1H3,(H,14,15). The zero-order valence-corrected chi connectivity index (χ0v) is 8.89. The van der Waals surface area contributed by atoms with Crippen LogP contribution in [0.25, 0.3) is 6.08 Å². The molecule has 4 nitrogen and oxygen atoms in total. The van der Waals surface area contributed by atoms with E-state index in [-0.39, 0.29) is 11.5 Å². The van der Waals surface area contributed by atoms with Crippen LogP contribution in [0.15, 0.2) is 24.3 Å². The molecule has 0 aliphatic rings. The summed E-state index contributed by atoms with van der Waals surface area (Å²) >= 11 is 0. The number of ether oxygens (including phenoxy) is 2. The fourth-order valence-electron chi connectivity index (χ4n) is 1.15. The van der Waals surface area contributed by atoms with E-state index in [0.29, 0.717) is 5.56 Å². The maximum atomic E-state index is 12.0. The molecular formula is C11H10F2O4. The molecule has 0 atom stereocenters. The van der Waals surface area contributed by atoms with Gasteiger partial charge in [-0.15, -0.1) is 0 Å². The van der Waals surface area contributed by atoms with Gasteiger partial charge in [0.2, 0.25) is 0 Å². The number of methoxy groups -OCH3 is 1. The first kappa shape index (κ1) is 13.0. The quantitative estimate of drug-likeness (QED) is 0.808. The summed E-state index contributed by atoms with van der Waals surface area (Å²) < 4.78 is 33.1. The second-order valence-electron chi connectivity index (χ2n) is 2.96. The normalized spacial score (nSPS) is 10.8. The average molecular weight is 244 g/mol. The monoisotopic (exact) mass is 244 g/mol. The highest BCUT2D eigenvalue weighted by molar-refractivity contribution is 5.85. The number of carboxylic acids is 1. The molecular weight excluding hydrogens is 234 g/mol. The third kappa shape index (κ3) is 4.10. The van der Waals surface area contributed by atoms with E-state index >= 15 is 0 Å². The Bertz CT molecular complexity index is 429. The molecule has 1 N–H and O–H groups in total. The minimum absolute atomic E-state index is 0.102. The lowest BCUT2D eigenvalue weighted by molar-refractivity contribution is -0.131. The van der Waals surface area contributed by atoms with E-state index in [0.717, 1.165) is 6.08 Å². The van der Waals surface area contributed by atoms with Crippen LogP contribution in [-0.2, 0) is 4.79 Å². The van der Waals surface area contributed by atoms with E-state index in [9.17, 15) is 13.6 Å². The van der Waals surface area contributed by atoms with E-state index in [1.165, 1.54) is 31.4 Å². The molecule has 0 unspecified atom stereocenters. The fourth-order valence-corrected chi connectivity index (χ4v) is 1.15. The van der Waals surface area contributed by atoms with Gasteiger partial charge in [-0.05, 0) is 23.8 Å². The second-order valence-corrected chi connectivity index (χ2v) is 2.96. The highest BCUT2D eigenvalue weighted by Gasteiger charge is 2.10. The Hall–Kier alpha value is -2.11. The van der Waals surface area contributed by atoms with Crippen molar-refractivity contribution >= 4 is 12.0 Å². The predicted molar refractivity (Wildman–Crippen MR) is 56.3 cm³/mol. The Kier molecular flexibility index (Phi) is 4.45. The zero-order chi connectivity index (χ0) is 12.8. The third-order valence-corrected chi connectivity index (χ3v) is 1.82. The van der Waals surface area contributed by atoms with Gasteiger partial charge >= 0.3 is 12.6 Å². The van der Waals surface area contributed by atoms with E-state index in [4.69, 9.17) is 9.84 Å². The Morgan fingerprint density at radius 3 is 2.65 bits per heavy atom. The molecule has 0 heterocycles. The van der Waals surface area contributed by atoms with Crippen molar-refractivity contribution in [2.75, 3.05) is 7.11 Å². The molecule has 92 valence electrons. The summed E-state index contributed by atoms with van der Waals surface area (Å²) in [4.78, 5) is 10.3. The first-order valence-corrected chi connectivity index (χ1v) is 4.57. The van der Waals surface area contributed by atoms with E-state index in [1.54, 1.807) is 0 Å². The van der Waals surface area contributed by atoms with Crippen molar-refractivity contribution in [1.82, 2.24) is 0 Å². The van der Waals surface area contributed by atoms with E-state index in [2.05, 4.69) is 4.74 Å². The van der Waals surface area contributed by atoms with E-state index in [1.807, 2.05) is 0 Å². The molecule has 0 saturated carbocycles. The van der Waals surface area contributed by atoms with Gasteiger partial charge in [0, 0.05) is 6.08 Å². The van der Waals surface area contributed by atoms with Gasteiger partial charge in [0.05, 0.1) is 7.11 Å². The summed E-state index contributed by atoms with van der Waals surface area (Å²) in [5, 5.41) is 8.43. The predicted octanol–water partition coefficient (Wildman–Crippen LogP) is 2.39. The number of rotatable bonds is 5. The number of carbonyl (C=O) groups is 1. The molecule has 6 heteroatoms. The molecule has 1 aromatic rings. The van der Waals surface area contributed by atoms with Crippen LogP contribution in [0, 0.1) is 0 Å². The fraction of sp³-hybridized carbons (Fsp3) is 0.182. The Balaban J connectivity index is 2.95. The van der Waals surface area contributed by atoms with Gasteiger partial charge in [-0.3, -0.25) is 0 Å². The number of carboxylic acid groups (broad SMARTS) is 1. The van der Waals surface area contributed by atoms with Gasteiger partial charge in [-0.25, -0.2) is 4.79 Å². The summed E-state index contributed by atoms with van der Waals surface area (Å²) in [5.74, 6) is -1.09. The van der Waals surface area contributed by atoms with Gasteiger partial charge < -0.3 is 14.6 Å². The molecule has 0 aliphatic carbocycles. The Morgan fingerprint density at radius 1 is 1.41 bits per heavy atom. The smallest absolute Gasteiger partial charge is 0.387 e. The lowest BCUT2D eigenvalue weighted by atomic mass is 10.2. The summed E-state index contributed by atoms with van der Waals surface area (Å²) in [6.07, 6.45) is 2.25. The van der Waals surface area contributed by atoms with Crippen LogP contribution in [0.2, 0.25) is 0 Å².